The molecule has 2 nitrogen and oxygen atoms in total. The minimum Gasteiger partial charge on any atom is -0.456 e. The molecule has 2 aliphatic rings. The first-order chi connectivity index (χ1) is 35.2. The van der Waals surface area contributed by atoms with Crippen LogP contribution in [0.2, 0.25) is 0 Å². The Labute approximate surface area is 412 Å². The molecule has 15 rings (SSSR count). The van der Waals surface area contributed by atoms with Crippen molar-refractivity contribution >= 4 is 60.5 Å². The number of furan rings is 1. The summed E-state index contributed by atoms with van der Waals surface area (Å²) in [4.78, 5) is 2.51. The maximum atomic E-state index is 6.70. The number of para-hydroxylation sites is 1. The molecule has 0 amide bonds. The number of anilines is 3. The number of nitrogens with zero attached hydrogens (tertiary/aromatic N) is 1. The van der Waals surface area contributed by atoms with E-state index in [1.165, 1.54) is 82.7 Å². The lowest BCUT2D eigenvalue weighted by atomic mass is 9.70. The minimum absolute atomic E-state index is 0.480. The maximum Gasteiger partial charge on any atom is 0.136 e. The molecule has 13 aromatic rings. The van der Waals surface area contributed by atoms with Crippen molar-refractivity contribution in [2.75, 3.05) is 4.90 Å². The lowest BCUT2D eigenvalue weighted by Crippen LogP contribution is -2.26. The number of fused-ring (bicyclic) bond motifs is 15. The van der Waals surface area contributed by atoms with Crippen molar-refractivity contribution in [1.29, 1.82) is 0 Å². The van der Waals surface area contributed by atoms with Gasteiger partial charge in [-0.3, -0.25) is 0 Å². The van der Waals surface area contributed by atoms with Crippen LogP contribution >= 0.6 is 0 Å². The first-order valence-electron chi connectivity index (χ1n) is 24.6. The third kappa shape index (κ3) is 5.77. The van der Waals surface area contributed by atoms with Crippen molar-refractivity contribution < 1.29 is 4.42 Å². The molecular formula is C69H43NO. The van der Waals surface area contributed by atoms with Crippen molar-refractivity contribution in [2.45, 2.75) is 5.41 Å². The van der Waals surface area contributed by atoms with Crippen LogP contribution < -0.4 is 4.90 Å². The van der Waals surface area contributed by atoms with E-state index in [1.807, 2.05) is 0 Å². The summed E-state index contributed by atoms with van der Waals surface area (Å²) in [6, 6.07) is 96.1. The van der Waals surface area contributed by atoms with Crippen molar-refractivity contribution in [3.63, 3.8) is 0 Å². The monoisotopic (exact) mass is 901 g/mol. The standard InChI is InChI=1S/C69H43NO/c1-2-18-49-43-66-58(42-48(49)17-1)67-56(26-14-33-65(67)71-66)55-23-8-12-31-63(55)70(50-40-38-45(39-41-50)44-34-36-47(37-35-44)52-25-13-19-46-16-3-4-20-51(46)52)64-32-15-30-62-68(64)57-24-7-11-29-61(57)69(62)59-27-9-5-21-53(59)54-22-6-10-28-60(54)69/h1-43H. The van der Waals surface area contributed by atoms with Crippen LogP contribution in [0.5, 0.6) is 0 Å². The van der Waals surface area contributed by atoms with Gasteiger partial charge in [0.15, 0.2) is 0 Å². The molecular weight excluding hydrogens is 859 g/mol. The maximum absolute atomic E-state index is 6.70. The van der Waals surface area contributed by atoms with Crippen LogP contribution in [0.3, 0.4) is 0 Å². The Kier molecular flexibility index (Phi) is 8.61. The lowest BCUT2D eigenvalue weighted by Gasteiger charge is -2.32. The number of hydrogen-bond acceptors (Lipinski definition) is 2. The highest BCUT2D eigenvalue weighted by atomic mass is 16.3. The topological polar surface area (TPSA) is 16.4 Å². The third-order valence-electron chi connectivity index (χ3n) is 15.5. The quantitative estimate of drug-likeness (QED) is 0.165. The van der Waals surface area contributed by atoms with Crippen LogP contribution in [0.15, 0.2) is 265 Å². The van der Waals surface area contributed by atoms with E-state index in [0.29, 0.717) is 0 Å². The largest absolute Gasteiger partial charge is 0.456 e. The van der Waals surface area contributed by atoms with Crippen molar-refractivity contribution in [3.05, 3.63) is 283 Å². The van der Waals surface area contributed by atoms with Crippen LogP contribution in [0.4, 0.5) is 17.1 Å². The van der Waals surface area contributed by atoms with Crippen LogP contribution in [-0.2, 0) is 5.41 Å². The van der Waals surface area contributed by atoms with Crippen LogP contribution in [0.25, 0.3) is 99.1 Å². The van der Waals surface area contributed by atoms with E-state index >= 15 is 0 Å². The van der Waals surface area contributed by atoms with E-state index in [1.54, 1.807) is 0 Å². The molecule has 0 saturated heterocycles. The van der Waals surface area contributed by atoms with Gasteiger partial charge >= 0.3 is 0 Å². The van der Waals surface area contributed by atoms with Crippen molar-refractivity contribution in [2.24, 2.45) is 0 Å². The van der Waals surface area contributed by atoms with E-state index in [9.17, 15) is 0 Å². The van der Waals surface area contributed by atoms with Gasteiger partial charge in [0, 0.05) is 27.6 Å². The summed E-state index contributed by atoms with van der Waals surface area (Å²) in [7, 11) is 0. The van der Waals surface area contributed by atoms with E-state index in [4.69, 9.17) is 4.42 Å². The molecule has 0 N–H and O–H groups in total. The Morgan fingerprint density at radius 2 is 0.789 bits per heavy atom. The van der Waals surface area contributed by atoms with Gasteiger partial charge in [-0.05, 0) is 131 Å². The summed E-state index contributed by atoms with van der Waals surface area (Å²) in [5.74, 6) is 0. The molecule has 330 valence electrons. The van der Waals surface area contributed by atoms with Gasteiger partial charge in [-0.25, -0.2) is 0 Å². The first-order valence-corrected chi connectivity index (χ1v) is 24.6. The molecule has 2 aliphatic carbocycles. The molecule has 2 heteroatoms. The van der Waals surface area contributed by atoms with Crippen LogP contribution in [0.1, 0.15) is 22.3 Å². The fourth-order valence-corrected chi connectivity index (χ4v) is 12.5. The third-order valence-corrected chi connectivity index (χ3v) is 15.5. The molecule has 1 aromatic heterocycles. The Bertz CT molecular complexity index is 4240. The number of benzene rings is 12. The zero-order chi connectivity index (χ0) is 46.6. The van der Waals surface area contributed by atoms with E-state index < -0.39 is 5.41 Å². The Balaban J connectivity index is 0.948. The fraction of sp³-hybridized carbons (Fsp3) is 0.0145. The highest BCUT2D eigenvalue weighted by Gasteiger charge is 2.52. The van der Waals surface area contributed by atoms with E-state index in [0.717, 1.165) is 55.7 Å². The fourth-order valence-electron chi connectivity index (χ4n) is 12.5. The summed E-state index contributed by atoms with van der Waals surface area (Å²) in [5.41, 5.74) is 22.0. The van der Waals surface area contributed by atoms with E-state index in [2.05, 4.69) is 266 Å². The second-order valence-electron chi connectivity index (χ2n) is 19.1. The normalized spacial score (nSPS) is 12.9. The molecule has 1 heterocycles. The molecule has 0 saturated carbocycles. The van der Waals surface area contributed by atoms with Gasteiger partial charge < -0.3 is 9.32 Å². The van der Waals surface area contributed by atoms with Crippen molar-refractivity contribution in [1.82, 2.24) is 0 Å². The second kappa shape index (κ2) is 15.4. The molecule has 1 spiro atoms. The van der Waals surface area contributed by atoms with Gasteiger partial charge in [0.1, 0.15) is 11.2 Å². The SMILES string of the molecule is c1ccc(N(c2ccc(-c3ccc(-c4cccc5ccccc45)cc3)cc2)c2cccc3c2-c2ccccc2C32c3ccccc3-c3ccccc32)c(-c2cccc3oc4cc5ccccc5cc4c23)c1. The summed E-state index contributed by atoms with van der Waals surface area (Å²) < 4.78 is 6.70. The average molecular weight is 902 g/mol. The lowest BCUT2D eigenvalue weighted by molar-refractivity contribution is 0.669. The van der Waals surface area contributed by atoms with Gasteiger partial charge in [-0.15, -0.1) is 0 Å². The van der Waals surface area contributed by atoms with Crippen LogP contribution in [-0.4, -0.2) is 0 Å². The number of hydrogen-bond donors (Lipinski definition) is 0. The molecule has 0 bridgehead atoms. The Morgan fingerprint density at radius 3 is 1.54 bits per heavy atom. The molecule has 0 atom stereocenters. The van der Waals surface area contributed by atoms with Gasteiger partial charge in [0.2, 0.25) is 0 Å². The number of rotatable bonds is 6. The van der Waals surface area contributed by atoms with Gasteiger partial charge in [-0.1, -0.05) is 218 Å². The molecule has 12 aromatic carbocycles. The Hall–Kier alpha value is -9.24. The molecule has 0 fully saturated rings. The van der Waals surface area contributed by atoms with Gasteiger partial charge in [0.25, 0.3) is 0 Å². The Morgan fingerprint density at radius 1 is 0.296 bits per heavy atom. The second-order valence-corrected chi connectivity index (χ2v) is 19.1. The van der Waals surface area contributed by atoms with Crippen LogP contribution in [0, 0.1) is 0 Å². The van der Waals surface area contributed by atoms with Crippen molar-refractivity contribution in [3.8, 4) is 55.6 Å². The average Bonchev–Trinajstić information content (AvgIpc) is 4.07. The minimum atomic E-state index is -0.480. The first kappa shape index (κ1) is 39.7. The van der Waals surface area contributed by atoms with Gasteiger partial charge in [0.05, 0.1) is 16.8 Å². The highest BCUT2D eigenvalue weighted by Crippen LogP contribution is 2.65. The molecule has 71 heavy (non-hydrogen) atoms. The summed E-state index contributed by atoms with van der Waals surface area (Å²) >= 11 is 0. The zero-order valence-electron chi connectivity index (χ0n) is 38.7. The summed E-state index contributed by atoms with van der Waals surface area (Å²) in [6.45, 7) is 0. The summed E-state index contributed by atoms with van der Waals surface area (Å²) in [5, 5.41) is 7.10. The molecule has 0 unspecified atom stereocenters. The van der Waals surface area contributed by atoms with Gasteiger partial charge in [-0.2, -0.15) is 0 Å². The molecule has 0 radical (unpaired) electrons. The highest BCUT2D eigenvalue weighted by molar-refractivity contribution is 6.17. The predicted molar refractivity (Wildman–Crippen MR) is 296 cm³/mol. The smallest absolute Gasteiger partial charge is 0.136 e. The van der Waals surface area contributed by atoms with E-state index in [-0.39, 0.29) is 0 Å². The zero-order valence-corrected chi connectivity index (χ0v) is 38.7. The summed E-state index contributed by atoms with van der Waals surface area (Å²) in [6.07, 6.45) is 0. The molecule has 0 aliphatic heterocycles. The predicted octanol–water partition coefficient (Wildman–Crippen LogP) is 18.7.